The summed E-state index contributed by atoms with van der Waals surface area (Å²) in [5.74, 6) is -0.497. The van der Waals surface area contributed by atoms with E-state index in [1.165, 1.54) is 0 Å². The summed E-state index contributed by atoms with van der Waals surface area (Å²) >= 11 is 5.42. The zero-order chi connectivity index (χ0) is 21.7. The second-order valence-electron chi connectivity index (χ2n) is 7.00. The van der Waals surface area contributed by atoms with Crippen LogP contribution in [0.5, 0.6) is 0 Å². The summed E-state index contributed by atoms with van der Waals surface area (Å²) < 4.78 is 5.27. The monoisotopic (exact) mass is 423 g/mol. The lowest BCUT2D eigenvalue weighted by atomic mass is 9.95. The average Bonchev–Trinajstić information content (AvgIpc) is 2.72. The summed E-state index contributed by atoms with van der Waals surface area (Å²) in [6.07, 6.45) is 0.286. The maximum absolute atomic E-state index is 12.7. The number of thiocarbonyl (C=S) groups is 1. The molecule has 2 aromatic rings. The van der Waals surface area contributed by atoms with Gasteiger partial charge in [0, 0.05) is 18.4 Å². The second kappa shape index (κ2) is 9.54. The number of carbonyl (C=O) groups excluding carboxylic acids is 2. The molecule has 1 heterocycles. The number of allylic oxidation sites excluding steroid dienone is 1. The number of benzene rings is 2. The van der Waals surface area contributed by atoms with Crippen molar-refractivity contribution in [2.45, 2.75) is 26.3 Å². The Morgan fingerprint density at radius 3 is 2.60 bits per heavy atom. The minimum Gasteiger partial charge on any atom is -0.463 e. The molecule has 0 bridgehead atoms. The molecule has 0 aromatic heterocycles. The number of nitrogens with zero attached hydrogens (tertiary/aromatic N) is 1. The van der Waals surface area contributed by atoms with Crippen molar-refractivity contribution in [1.29, 1.82) is 0 Å². The van der Waals surface area contributed by atoms with Crippen LogP contribution in [0.4, 0.5) is 5.69 Å². The number of nitrogens with one attached hydrogen (secondary N) is 2. The van der Waals surface area contributed by atoms with Crippen LogP contribution in [0.15, 0.2) is 65.9 Å². The summed E-state index contributed by atoms with van der Waals surface area (Å²) in [5.41, 5.74) is 3.64. The van der Waals surface area contributed by atoms with Crippen LogP contribution in [0.25, 0.3) is 0 Å². The van der Waals surface area contributed by atoms with Gasteiger partial charge in [0.05, 0.1) is 24.6 Å². The van der Waals surface area contributed by atoms with Crippen molar-refractivity contribution in [3.05, 3.63) is 77.0 Å². The molecule has 1 aliphatic heterocycles. The highest BCUT2D eigenvalue weighted by molar-refractivity contribution is 7.80. The van der Waals surface area contributed by atoms with E-state index in [0.717, 1.165) is 16.8 Å². The fourth-order valence-corrected chi connectivity index (χ4v) is 3.60. The molecule has 2 aromatic carbocycles. The number of rotatable bonds is 6. The van der Waals surface area contributed by atoms with Crippen LogP contribution in [0.2, 0.25) is 0 Å². The zero-order valence-corrected chi connectivity index (χ0v) is 18.1. The van der Waals surface area contributed by atoms with Gasteiger partial charge in [-0.25, -0.2) is 4.79 Å². The van der Waals surface area contributed by atoms with Crippen LogP contribution in [-0.2, 0) is 20.7 Å². The summed E-state index contributed by atoms with van der Waals surface area (Å²) in [4.78, 5) is 26.8. The molecule has 6 nitrogen and oxygen atoms in total. The third-order valence-electron chi connectivity index (χ3n) is 4.96. The Labute approximate surface area is 181 Å². The Hall–Kier alpha value is -3.19. The Bertz CT molecular complexity index is 988. The average molecular weight is 424 g/mol. The number of anilines is 1. The van der Waals surface area contributed by atoms with E-state index < -0.39 is 6.04 Å². The standard InChI is InChI=1S/C23H25N3O3S/c1-4-29-22(28)20-15(2)26(3)23(30)25-21(20)17-11-8-12-18(14-17)24-19(27)13-16-9-6-5-7-10-16/h5-12,14,21H,4,13H2,1-3H3,(H,24,27)(H,25,30)/t21-/m1/s1. The largest absolute Gasteiger partial charge is 0.463 e. The molecule has 0 fully saturated rings. The molecular formula is C23H25N3O3S. The third kappa shape index (κ3) is 4.86. The molecule has 30 heavy (non-hydrogen) atoms. The van der Waals surface area contributed by atoms with Gasteiger partial charge < -0.3 is 20.3 Å². The third-order valence-corrected chi connectivity index (χ3v) is 5.35. The molecule has 2 N–H and O–H groups in total. The Kier molecular flexibility index (Phi) is 6.84. The SMILES string of the molecule is CCOC(=O)C1=C(C)N(C)C(=S)N[C@@H]1c1cccc(NC(=O)Cc2ccccc2)c1. The first-order chi connectivity index (χ1) is 14.4. The van der Waals surface area contributed by atoms with Gasteiger partial charge in [-0.05, 0) is 49.3 Å². The predicted octanol–water partition coefficient (Wildman–Crippen LogP) is 3.57. The number of amides is 1. The lowest BCUT2D eigenvalue weighted by molar-refractivity contribution is -0.139. The molecule has 0 spiro atoms. The quantitative estimate of drug-likeness (QED) is 0.547. The van der Waals surface area contributed by atoms with Crippen LogP contribution in [0.1, 0.15) is 31.0 Å². The van der Waals surface area contributed by atoms with E-state index in [1.54, 1.807) is 18.9 Å². The molecule has 3 rings (SSSR count). The highest BCUT2D eigenvalue weighted by atomic mass is 32.1. The van der Waals surface area contributed by atoms with Gasteiger partial charge in [-0.15, -0.1) is 0 Å². The molecular weight excluding hydrogens is 398 g/mol. The highest BCUT2D eigenvalue weighted by Crippen LogP contribution is 2.31. The Morgan fingerprint density at radius 1 is 1.17 bits per heavy atom. The van der Waals surface area contributed by atoms with Crippen molar-refractivity contribution in [2.24, 2.45) is 0 Å². The first-order valence-corrected chi connectivity index (χ1v) is 10.2. The van der Waals surface area contributed by atoms with Gasteiger partial charge in [-0.3, -0.25) is 4.79 Å². The molecule has 0 unspecified atom stereocenters. The lowest BCUT2D eigenvalue weighted by Gasteiger charge is -2.35. The minimum atomic E-state index is -0.460. The van der Waals surface area contributed by atoms with E-state index in [9.17, 15) is 9.59 Å². The highest BCUT2D eigenvalue weighted by Gasteiger charge is 2.33. The normalized spacial score (nSPS) is 16.2. The summed E-state index contributed by atoms with van der Waals surface area (Å²) in [6, 6.07) is 16.5. The fourth-order valence-electron chi connectivity index (χ4n) is 3.34. The van der Waals surface area contributed by atoms with Gasteiger partial charge >= 0.3 is 5.97 Å². The maximum Gasteiger partial charge on any atom is 0.338 e. The number of hydrogen-bond acceptors (Lipinski definition) is 4. The van der Waals surface area contributed by atoms with Crippen molar-refractivity contribution in [1.82, 2.24) is 10.2 Å². The fraction of sp³-hybridized carbons (Fsp3) is 0.261. The first kappa shape index (κ1) is 21.5. The maximum atomic E-state index is 12.7. The molecule has 0 saturated heterocycles. The van der Waals surface area contributed by atoms with E-state index in [-0.39, 0.29) is 24.9 Å². The van der Waals surface area contributed by atoms with Gasteiger partial charge in [0.25, 0.3) is 0 Å². The topological polar surface area (TPSA) is 70.7 Å². The molecule has 0 aliphatic carbocycles. The number of carbonyl (C=O) groups is 2. The van der Waals surface area contributed by atoms with E-state index in [1.807, 2.05) is 61.5 Å². The van der Waals surface area contributed by atoms with Gasteiger partial charge in [-0.1, -0.05) is 42.5 Å². The summed E-state index contributed by atoms with van der Waals surface area (Å²) in [6.45, 7) is 3.90. The molecule has 7 heteroatoms. The number of esters is 1. The molecule has 1 aliphatic rings. The van der Waals surface area contributed by atoms with Gasteiger partial charge in [0.1, 0.15) is 0 Å². The molecule has 1 atom stereocenters. The molecule has 0 radical (unpaired) electrons. The van der Waals surface area contributed by atoms with Gasteiger partial charge in [0.2, 0.25) is 5.91 Å². The van der Waals surface area contributed by atoms with E-state index in [2.05, 4.69) is 10.6 Å². The van der Waals surface area contributed by atoms with E-state index in [4.69, 9.17) is 17.0 Å². The molecule has 1 amide bonds. The van der Waals surface area contributed by atoms with Crippen LogP contribution >= 0.6 is 12.2 Å². The lowest BCUT2D eigenvalue weighted by Crippen LogP contribution is -2.46. The van der Waals surface area contributed by atoms with Crippen LogP contribution in [-0.4, -0.2) is 35.5 Å². The van der Waals surface area contributed by atoms with Crippen molar-refractivity contribution in [3.63, 3.8) is 0 Å². The minimum absolute atomic E-state index is 0.109. The van der Waals surface area contributed by atoms with E-state index >= 15 is 0 Å². The molecule has 156 valence electrons. The molecule has 0 saturated carbocycles. The zero-order valence-electron chi connectivity index (χ0n) is 17.3. The van der Waals surface area contributed by atoms with Crippen molar-refractivity contribution < 1.29 is 14.3 Å². The smallest absolute Gasteiger partial charge is 0.338 e. The summed E-state index contributed by atoms with van der Waals surface area (Å²) in [5, 5.41) is 6.65. The van der Waals surface area contributed by atoms with Crippen molar-refractivity contribution >= 4 is 34.9 Å². The van der Waals surface area contributed by atoms with E-state index in [0.29, 0.717) is 16.4 Å². The second-order valence-corrected chi connectivity index (χ2v) is 7.38. The number of hydrogen-bond donors (Lipinski definition) is 2. The predicted molar refractivity (Wildman–Crippen MR) is 121 cm³/mol. The van der Waals surface area contributed by atoms with Gasteiger partial charge in [-0.2, -0.15) is 0 Å². The number of ether oxygens (including phenoxy) is 1. The van der Waals surface area contributed by atoms with Crippen molar-refractivity contribution in [2.75, 3.05) is 19.0 Å². The summed E-state index contributed by atoms with van der Waals surface area (Å²) in [7, 11) is 1.81. The Balaban J connectivity index is 1.85. The van der Waals surface area contributed by atoms with Gasteiger partial charge in [0.15, 0.2) is 5.11 Å². The van der Waals surface area contributed by atoms with Crippen LogP contribution in [0, 0.1) is 0 Å². The Morgan fingerprint density at radius 2 is 1.90 bits per heavy atom. The first-order valence-electron chi connectivity index (χ1n) is 9.76. The van der Waals surface area contributed by atoms with Crippen molar-refractivity contribution in [3.8, 4) is 0 Å². The van der Waals surface area contributed by atoms with Crippen LogP contribution < -0.4 is 10.6 Å². The van der Waals surface area contributed by atoms with Crippen LogP contribution in [0.3, 0.4) is 0 Å².